The lowest BCUT2D eigenvalue weighted by Crippen LogP contribution is -2.42. The number of morpholine rings is 1. The number of carboxylic acids is 1. The number of ether oxygens (including phenoxy) is 2. The Bertz CT molecular complexity index is 1330. The van der Waals surface area contributed by atoms with E-state index in [1.807, 2.05) is 0 Å². The summed E-state index contributed by atoms with van der Waals surface area (Å²) in [6.07, 6.45) is -4.80. The van der Waals surface area contributed by atoms with Gasteiger partial charge in [0.25, 0.3) is 0 Å². The zero-order chi connectivity index (χ0) is 26.7. The molecule has 1 fully saturated rings. The van der Waals surface area contributed by atoms with Gasteiger partial charge in [-0.3, -0.25) is 14.3 Å². The molecule has 3 heterocycles. The van der Waals surface area contributed by atoms with Gasteiger partial charge in [-0.25, -0.2) is 9.78 Å². The number of halogens is 3. The number of amides is 1. The first kappa shape index (κ1) is 26.1. The second-order valence-electron chi connectivity index (χ2n) is 8.44. The third-order valence-corrected chi connectivity index (χ3v) is 5.72. The van der Waals surface area contributed by atoms with E-state index in [9.17, 15) is 32.7 Å². The molecule has 13 heteroatoms. The van der Waals surface area contributed by atoms with E-state index in [1.54, 1.807) is 11.1 Å². The average Bonchev–Trinajstić information content (AvgIpc) is 3.24. The van der Waals surface area contributed by atoms with E-state index in [-0.39, 0.29) is 29.5 Å². The maximum absolute atomic E-state index is 13.0. The second kappa shape index (κ2) is 10.5. The predicted octanol–water partition coefficient (Wildman–Crippen LogP) is 2.59. The molecule has 2 aromatic heterocycles. The standard InChI is InChI=1S/C24H23F3N4O6/c1-14(23(34)35)37-20-11-18-16(12-31(29-18)13-22(33)30-5-7-36-8-6-30)9-15(20)10-19(32)17-3-2-4-21(28-17)24(25,26)27/h2-4,9,11-12,14H,5-8,10,13H2,1H3,(H,34,35). The minimum absolute atomic E-state index is 0.0347. The number of aliphatic carboxylic acids is 1. The Balaban J connectivity index is 1.63. The number of hydrogen-bond donors (Lipinski definition) is 1. The van der Waals surface area contributed by atoms with Crippen molar-refractivity contribution in [2.75, 3.05) is 26.3 Å². The third kappa shape index (κ3) is 6.23. The number of carboxylic acid groups (broad SMARTS) is 1. The fourth-order valence-electron chi connectivity index (χ4n) is 3.78. The number of fused-ring (bicyclic) bond motifs is 1. The highest BCUT2D eigenvalue weighted by atomic mass is 19.4. The van der Waals surface area contributed by atoms with Crippen molar-refractivity contribution >= 4 is 28.6 Å². The van der Waals surface area contributed by atoms with Crippen molar-refractivity contribution in [3.05, 3.63) is 53.5 Å². The van der Waals surface area contributed by atoms with E-state index in [2.05, 4.69) is 10.1 Å². The molecule has 1 unspecified atom stereocenters. The van der Waals surface area contributed by atoms with E-state index in [0.29, 0.717) is 37.2 Å². The van der Waals surface area contributed by atoms with Gasteiger partial charge in [0, 0.05) is 42.7 Å². The molecule has 0 aliphatic carbocycles. The second-order valence-corrected chi connectivity index (χ2v) is 8.44. The van der Waals surface area contributed by atoms with Gasteiger partial charge in [0.2, 0.25) is 5.91 Å². The monoisotopic (exact) mass is 520 g/mol. The molecular weight excluding hydrogens is 497 g/mol. The molecule has 0 bridgehead atoms. The van der Waals surface area contributed by atoms with Crippen LogP contribution in [0.4, 0.5) is 13.2 Å². The summed E-state index contributed by atoms with van der Waals surface area (Å²) in [5.74, 6) is -2.09. The van der Waals surface area contributed by atoms with Crippen molar-refractivity contribution in [1.29, 1.82) is 0 Å². The molecule has 1 saturated heterocycles. The first-order valence-electron chi connectivity index (χ1n) is 11.3. The maximum atomic E-state index is 13.0. The first-order chi connectivity index (χ1) is 17.5. The van der Waals surface area contributed by atoms with Gasteiger partial charge in [0.05, 0.1) is 18.7 Å². The van der Waals surface area contributed by atoms with Gasteiger partial charge in [-0.05, 0) is 25.1 Å². The first-order valence-corrected chi connectivity index (χ1v) is 11.3. The molecule has 196 valence electrons. The highest BCUT2D eigenvalue weighted by Gasteiger charge is 2.33. The Morgan fingerprint density at radius 1 is 1.19 bits per heavy atom. The highest BCUT2D eigenvalue weighted by molar-refractivity contribution is 5.97. The number of Topliss-reactive ketones (excluding diaryl/α,β-unsaturated/α-hetero) is 1. The van der Waals surface area contributed by atoms with Crippen molar-refractivity contribution in [1.82, 2.24) is 19.7 Å². The molecule has 4 rings (SSSR count). The number of aromatic nitrogens is 3. The van der Waals surface area contributed by atoms with Crippen LogP contribution in [0.2, 0.25) is 0 Å². The summed E-state index contributed by atoms with van der Waals surface area (Å²) >= 11 is 0. The van der Waals surface area contributed by atoms with Crippen LogP contribution in [0.5, 0.6) is 5.75 Å². The van der Waals surface area contributed by atoms with E-state index in [4.69, 9.17) is 9.47 Å². The van der Waals surface area contributed by atoms with Gasteiger partial charge in [-0.2, -0.15) is 18.3 Å². The van der Waals surface area contributed by atoms with Crippen molar-refractivity contribution in [3.8, 4) is 5.75 Å². The van der Waals surface area contributed by atoms with Gasteiger partial charge in [0.1, 0.15) is 23.7 Å². The predicted molar refractivity (Wildman–Crippen MR) is 122 cm³/mol. The normalized spacial score (nSPS) is 15.0. The number of hydrogen-bond acceptors (Lipinski definition) is 7. The summed E-state index contributed by atoms with van der Waals surface area (Å²) in [4.78, 5) is 41.9. The Hall–Kier alpha value is -4.00. The van der Waals surface area contributed by atoms with E-state index < -0.39 is 36.1 Å². The van der Waals surface area contributed by atoms with Crippen LogP contribution in [0, 0.1) is 0 Å². The number of benzene rings is 1. The number of carbonyl (C=O) groups is 3. The Morgan fingerprint density at radius 2 is 1.92 bits per heavy atom. The molecule has 1 atom stereocenters. The highest BCUT2D eigenvalue weighted by Crippen LogP contribution is 2.30. The molecule has 1 N–H and O–H groups in total. The van der Waals surface area contributed by atoms with Crippen LogP contribution in [0.1, 0.15) is 28.7 Å². The summed E-state index contributed by atoms with van der Waals surface area (Å²) in [7, 11) is 0. The van der Waals surface area contributed by atoms with Crippen LogP contribution in [0.25, 0.3) is 10.9 Å². The number of alkyl halides is 3. The van der Waals surface area contributed by atoms with Crippen LogP contribution in [-0.4, -0.2) is 74.8 Å². The number of carbonyl (C=O) groups excluding carboxylic acids is 2. The molecular formula is C24H23F3N4O6. The van der Waals surface area contributed by atoms with E-state index >= 15 is 0 Å². The van der Waals surface area contributed by atoms with Crippen molar-refractivity contribution in [3.63, 3.8) is 0 Å². The minimum Gasteiger partial charge on any atom is -0.479 e. The summed E-state index contributed by atoms with van der Waals surface area (Å²) < 4.78 is 51.3. The van der Waals surface area contributed by atoms with Crippen LogP contribution >= 0.6 is 0 Å². The van der Waals surface area contributed by atoms with Crippen molar-refractivity contribution in [2.45, 2.75) is 32.2 Å². The SMILES string of the molecule is CC(Oc1cc2nn(CC(=O)N3CCOCC3)cc2cc1CC(=O)c1cccc(C(F)(F)F)n1)C(=O)O. The number of rotatable bonds is 8. The summed E-state index contributed by atoms with van der Waals surface area (Å²) in [6, 6.07) is 6.00. The van der Waals surface area contributed by atoms with E-state index in [0.717, 1.165) is 12.1 Å². The van der Waals surface area contributed by atoms with Gasteiger partial charge < -0.3 is 19.5 Å². The number of ketones is 1. The lowest BCUT2D eigenvalue weighted by molar-refractivity contribution is -0.144. The third-order valence-electron chi connectivity index (χ3n) is 5.72. The quantitative estimate of drug-likeness (QED) is 0.450. The zero-order valence-corrected chi connectivity index (χ0v) is 19.7. The number of nitrogens with zero attached hydrogens (tertiary/aromatic N) is 4. The average molecular weight is 520 g/mol. The van der Waals surface area contributed by atoms with Crippen molar-refractivity contribution < 1.29 is 42.1 Å². The maximum Gasteiger partial charge on any atom is 0.433 e. The lowest BCUT2D eigenvalue weighted by atomic mass is 10.0. The molecule has 0 spiro atoms. The topological polar surface area (TPSA) is 124 Å². The fourth-order valence-corrected chi connectivity index (χ4v) is 3.78. The molecule has 1 amide bonds. The molecule has 1 aliphatic rings. The Morgan fingerprint density at radius 3 is 2.59 bits per heavy atom. The zero-order valence-electron chi connectivity index (χ0n) is 19.7. The number of pyridine rings is 1. The summed E-state index contributed by atoms with van der Waals surface area (Å²) in [5.41, 5.74) is -0.963. The Kier molecular flexibility index (Phi) is 7.43. The van der Waals surface area contributed by atoms with Crippen LogP contribution in [0.3, 0.4) is 0 Å². The van der Waals surface area contributed by atoms with Crippen LogP contribution in [0.15, 0.2) is 36.5 Å². The molecule has 1 aromatic carbocycles. The molecule has 1 aliphatic heterocycles. The van der Waals surface area contributed by atoms with E-state index in [1.165, 1.54) is 29.8 Å². The lowest BCUT2D eigenvalue weighted by Gasteiger charge is -2.26. The molecule has 0 radical (unpaired) electrons. The molecule has 3 aromatic rings. The summed E-state index contributed by atoms with van der Waals surface area (Å²) in [5, 5.41) is 14.2. The van der Waals surface area contributed by atoms with Crippen LogP contribution in [-0.2, 0) is 33.5 Å². The van der Waals surface area contributed by atoms with Gasteiger partial charge in [-0.1, -0.05) is 6.07 Å². The molecule has 10 nitrogen and oxygen atoms in total. The molecule has 0 saturated carbocycles. The van der Waals surface area contributed by atoms with Gasteiger partial charge in [0.15, 0.2) is 11.9 Å². The smallest absolute Gasteiger partial charge is 0.433 e. The minimum atomic E-state index is -4.71. The van der Waals surface area contributed by atoms with Gasteiger partial charge >= 0.3 is 12.1 Å². The van der Waals surface area contributed by atoms with Crippen molar-refractivity contribution in [2.24, 2.45) is 0 Å². The van der Waals surface area contributed by atoms with Crippen LogP contribution < -0.4 is 4.74 Å². The Labute approximate surface area is 208 Å². The van der Waals surface area contributed by atoms with Gasteiger partial charge in [-0.15, -0.1) is 0 Å². The largest absolute Gasteiger partial charge is 0.479 e. The fraction of sp³-hybridized carbons (Fsp3) is 0.375. The molecule has 37 heavy (non-hydrogen) atoms. The summed E-state index contributed by atoms with van der Waals surface area (Å²) in [6.45, 7) is 3.10.